The number of rotatable bonds is 5. The lowest BCUT2D eigenvalue weighted by Gasteiger charge is -2.34. The van der Waals surface area contributed by atoms with Crippen LogP contribution in [0.5, 0.6) is 0 Å². The number of hydrogen-bond acceptors (Lipinski definition) is 7. The largest absolute Gasteiger partial charge is 0.458 e. The number of sulfonamides is 1. The molecule has 2 aliphatic heterocycles. The zero-order valence-electron chi connectivity index (χ0n) is 17.4. The second kappa shape index (κ2) is 8.62. The van der Waals surface area contributed by atoms with Gasteiger partial charge in [-0.15, -0.1) is 0 Å². The highest BCUT2D eigenvalue weighted by molar-refractivity contribution is 7.89. The quantitative estimate of drug-likeness (QED) is 0.677. The number of amides is 1. The Bertz CT molecular complexity index is 887. The molecule has 0 spiro atoms. The Balaban J connectivity index is 1.74. The minimum Gasteiger partial charge on any atom is -0.458 e. The SMILES string of the molecule is CC(C)(C)OC(=O)[C@H](O)[C@H]1OCCN(c2ccc(S(=O)(=O)N3CCCC3)cc2)C1=O. The van der Waals surface area contributed by atoms with Crippen LogP contribution in [0.2, 0.25) is 0 Å². The fourth-order valence-electron chi connectivity index (χ4n) is 3.45. The summed E-state index contributed by atoms with van der Waals surface area (Å²) in [6.45, 7) is 6.33. The van der Waals surface area contributed by atoms with E-state index in [0.717, 1.165) is 12.8 Å². The van der Waals surface area contributed by atoms with E-state index < -0.39 is 39.7 Å². The van der Waals surface area contributed by atoms with Crippen molar-refractivity contribution >= 4 is 27.6 Å². The number of aliphatic hydroxyl groups excluding tert-OH is 1. The predicted octanol–water partition coefficient (Wildman–Crippen LogP) is 0.905. The first-order valence-electron chi connectivity index (χ1n) is 9.95. The molecule has 10 heteroatoms. The Labute approximate surface area is 176 Å². The number of esters is 1. The fraction of sp³-hybridized carbons (Fsp3) is 0.600. The molecule has 2 fully saturated rings. The van der Waals surface area contributed by atoms with E-state index in [4.69, 9.17) is 9.47 Å². The predicted molar refractivity (Wildman–Crippen MR) is 108 cm³/mol. The number of benzene rings is 1. The molecule has 0 unspecified atom stereocenters. The molecule has 0 aliphatic carbocycles. The highest BCUT2D eigenvalue weighted by Crippen LogP contribution is 2.26. The molecule has 1 aromatic rings. The lowest BCUT2D eigenvalue weighted by molar-refractivity contribution is -0.177. The van der Waals surface area contributed by atoms with Gasteiger partial charge in [-0.3, -0.25) is 4.79 Å². The first kappa shape index (κ1) is 22.7. The van der Waals surface area contributed by atoms with E-state index in [9.17, 15) is 23.1 Å². The Morgan fingerprint density at radius 2 is 1.77 bits per heavy atom. The average molecular weight is 441 g/mol. The zero-order chi connectivity index (χ0) is 22.1. The summed E-state index contributed by atoms with van der Waals surface area (Å²) in [6, 6.07) is 6.02. The molecule has 2 saturated heterocycles. The van der Waals surface area contributed by atoms with Gasteiger partial charge in [-0.1, -0.05) is 0 Å². The molecule has 1 N–H and O–H groups in total. The van der Waals surface area contributed by atoms with Crippen LogP contribution in [-0.2, 0) is 29.1 Å². The van der Waals surface area contributed by atoms with Crippen LogP contribution in [0.4, 0.5) is 5.69 Å². The molecule has 2 aliphatic rings. The normalized spacial score (nSPS) is 22.2. The van der Waals surface area contributed by atoms with Gasteiger partial charge in [0.25, 0.3) is 5.91 Å². The monoisotopic (exact) mass is 440 g/mol. The van der Waals surface area contributed by atoms with Crippen molar-refractivity contribution in [2.24, 2.45) is 0 Å². The van der Waals surface area contributed by atoms with E-state index in [1.807, 2.05) is 0 Å². The first-order valence-corrected chi connectivity index (χ1v) is 11.4. The van der Waals surface area contributed by atoms with Gasteiger partial charge in [-0.25, -0.2) is 13.2 Å². The third-order valence-electron chi connectivity index (χ3n) is 4.91. The second-order valence-corrected chi connectivity index (χ2v) is 10.3. The number of carbonyl (C=O) groups is 2. The van der Waals surface area contributed by atoms with Crippen LogP contribution in [0, 0.1) is 0 Å². The van der Waals surface area contributed by atoms with Gasteiger partial charge in [0.1, 0.15) is 5.60 Å². The number of ether oxygens (including phenoxy) is 2. The summed E-state index contributed by atoms with van der Waals surface area (Å²) in [4.78, 5) is 26.5. The molecule has 0 saturated carbocycles. The number of aliphatic hydroxyl groups is 1. The lowest BCUT2D eigenvalue weighted by atomic mass is 10.1. The van der Waals surface area contributed by atoms with Gasteiger partial charge in [-0.2, -0.15) is 4.31 Å². The number of carbonyl (C=O) groups excluding carboxylic acids is 2. The Hall–Kier alpha value is -2.01. The van der Waals surface area contributed by atoms with E-state index in [2.05, 4.69) is 0 Å². The number of morpholine rings is 1. The summed E-state index contributed by atoms with van der Waals surface area (Å²) in [6.07, 6.45) is -1.45. The molecule has 2 heterocycles. The molecule has 9 nitrogen and oxygen atoms in total. The Kier molecular flexibility index (Phi) is 6.51. The van der Waals surface area contributed by atoms with E-state index in [0.29, 0.717) is 18.8 Å². The van der Waals surface area contributed by atoms with Crippen LogP contribution >= 0.6 is 0 Å². The number of hydrogen-bond donors (Lipinski definition) is 1. The van der Waals surface area contributed by atoms with E-state index in [1.165, 1.54) is 21.3 Å². The van der Waals surface area contributed by atoms with Crippen LogP contribution in [0.25, 0.3) is 0 Å². The average Bonchev–Trinajstić information content (AvgIpc) is 3.22. The maximum Gasteiger partial charge on any atom is 0.338 e. The van der Waals surface area contributed by atoms with Crippen molar-refractivity contribution in [2.45, 2.75) is 56.3 Å². The number of nitrogens with zero attached hydrogens (tertiary/aromatic N) is 2. The molecule has 3 rings (SSSR count). The molecule has 0 aromatic heterocycles. The van der Waals surface area contributed by atoms with Gasteiger partial charge in [0.15, 0.2) is 12.2 Å². The third kappa shape index (κ3) is 4.83. The van der Waals surface area contributed by atoms with Crippen LogP contribution in [0.1, 0.15) is 33.6 Å². The van der Waals surface area contributed by atoms with Crippen molar-refractivity contribution in [1.82, 2.24) is 4.31 Å². The Morgan fingerprint density at radius 3 is 2.33 bits per heavy atom. The van der Waals surface area contributed by atoms with Crippen molar-refractivity contribution in [3.8, 4) is 0 Å². The molecular formula is C20H28N2O7S. The van der Waals surface area contributed by atoms with Gasteiger partial charge in [0, 0.05) is 25.3 Å². The zero-order valence-corrected chi connectivity index (χ0v) is 18.2. The molecule has 166 valence electrons. The maximum absolute atomic E-state index is 12.8. The highest BCUT2D eigenvalue weighted by atomic mass is 32.2. The second-order valence-electron chi connectivity index (χ2n) is 8.36. The van der Waals surface area contributed by atoms with Crippen LogP contribution in [-0.4, -0.2) is 73.8 Å². The summed E-state index contributed by atoms with van der Waals surface area (Å²) in [5, 5.41) is 10.3. The summed E-state index contributed by atoms with van der Waals surface area (Å²) in [7, 11) is -3.55. The first-order chi connectivity index (χ1) is 14.0. The maximum atomic E-state index is 12.8. The van der Waals surface area contributed by atoms with Gasteiger partial charge >= 0.3 is 5.97 Å². The standard InChI is InChI=1S/C20H28N2O7S/c1-20(2,3)29-19(25)16(23)17-18(24)22(12-13-28-17)14-6-8-15(9-7-14)30(26,27)21-10-4-5-11-21/h6-9,16-17,23H,4-5,10-13H2,1-3H3/t16-,17-/m1/s1. The molecule has 1 amide bonds. The van der Waals surface area contributed by atoms with Crippen molar-refractivity contribution in [3.05, 3.63) is 24.3 Å². The summed E-state index contributed by atoms with van der Waals surface area (Å²) >= 11 is 0. The van der Waals surface area contributed by atoms with Gasteiger partial charge < -0.3 is 19.5 Å². The topological polar surface area (TPSA) is 113 Å². The fourth-order valence-corrected chi connectivity index (χ4v) is 4.97. The van der Waals surface area contributed by atoms with Crippen LogP contribution in [0.3, 0.4) is 0 Å². The van der Waals surface area contributed by atoms with E-state index in [1.54, 1.807) is 32.9 Å². The van der Waals surface area contributed by atoms with E-state index >= 15 is 0 Å². The minimum atomic E-state index is -3.55. The summed E-state index contributed by atoms with van der Waals surface area (Å²) in [5.41, 5.74) is -0.350. The molecule has 30 heavy (non-hydrogen) atoms. The van der Waals surface area contributed by atoms with Crippen molar-refractivity contribution < 1.29 is 32.6 Å². The molecule has 1 aromatic carbocycles. The number of anilines is 1. The van der Waals surface area contributed by atoms with Gasteiger partial charge in [-0.05, 0) is 57.9 Å². The Morgan fingerprint density at radius 1 is 1.17 bits per heavy atom. The highest BCUT2D eigenvalue weighted by Gasteiger charge is 2.41. The summed E-state index contributed by atoms with van der Waals surface area (Å²) in [5.74, 6) is -1.52. The van der Waals surface area contributed by atoms with Crippen molar-refractivity contribution in [3.63, 3.8) is 0 Å². The smallest absolute Gasteiger partial charge is 0.338 e. The van der Waals surface area contributed by atoms with Crippen LogP contribution in [0.15, 0.2) is 29.2 Å². The molecular weight excluding hydrogens is 412 g/mol. The van der Waals surface area contributed by atoms with E-state index in [-0.39, 0.29) is 18.0 Å². The summed E-state index contributed by atoms with van der Waals surface area (Å²) < 4.78 is 37.2. The van der Waals surface area contributed by atoms with Crippen molar-refractivity contribution in [2.75, 3.05) is 31.1 Å². The lowest BCUT2D eigenvalue weighted by Crippen LogP contribution is -2.55. The molecule has 0 bridgehead atoms. The molecule has 2 atom stereocenters. The van der Waals surface area contributed by atoms with Gasteiger partial charge in [0.05, 0.1) is 11.5 Å². The minimum absolute atomic E-state index is 0.115. The van der Waals surface area contributed by atoms with Crippen LogP contribution < -0.4 is 4.90 Å². The third-order valence-corrected chi connectivity index (χ3v) is 6.82. The van der Waals surface area contributed by atoms with Gasteiger partial charge in [0.2, 0.25) is 10.0 Å². The van der Waals surface area contributed by atoms with Crippen molar-refractivity contribution in [1.29, 1.82) is 0 Å². The molecule has 0 radical (unpaired) electrons.